The van der Waals surface area contributed by atoms with Crippen LogP contribution in [0.2, 0.25) is 0 Å². The molecular weight excluding hydrogens is 361 g/mol. The number of thiocarbonyl (C=S) groups is 1. The van der Waals surface area contributed by atoms with Gasteiger partial charge in [0.1, 0.15) is 5.82 Å². The molecule has 0 spiro atoms. The van der Waals surface area contributed by atoms with E-state index in [4.69, 9.17) is 12.2 Å². The lowest BCUT2D eigenvalue weighted by molar-refractivity contribution is -0.119. The van der Waals surface area contributed by atoms with Gasteiger partial charge in [0.05, 0.1) is 22.4 Å². The highest BCUT2D eigenvalue weighted by Crippen LogP contribution is 2.24. The molecule has 0 fully saturated rings. The number of halogens is 1. The largest absolute Gasteiger partial charge is 0.352 e. The van der Waals surface area contributed by atoms with Crippen LogP contribution in [0.3, 0.4) is 0 Å². The maximum absolute atomic E-state index is 13.5. The Morgan fingerprint density at radius 3 is 2.68 bits per heavy atom. The third-order valence-corrected chi connectivity index (χ3v) is 4.33. The van der Waals surface area contributed by atoms with Gasteiger partial charge in [-0.15, -0.1) is 0 Å². The highest BCUT2D eigenvalue weighted by molar-refractivity contribution is 7.80. The minimum absolute atomic E-state index is 0.0229. The first-order valence-electron chi connectivity index (χ1n) is 7.31. The SMILES string of the molecule is O=C(CNc1nc2ccccc2s1)NNC(=S)Nc1ccccc1F. The fourth-order valence-corrected chi connectivity index (χ4v) is 3.01. The number of thiazole rings is 1. The van der Waals surface area contributed by atoms with Crippen molar-refractivity contribution in [2.75, 3.05) is 17.2 Å². The number of nitrogens with zero attached hydrogens (tertiary/aromatic N) is 1. The van der Waals surface area contributed by atoms with Crippen molar-refractivity contribution >= 4 is 55.6 Å². The zero-order valence-corrected chi connectivity index (χ0v) is 14.5. The Morgan fingerprint density at radius 2 is 1.88 bits per heavy atom. The van der Waals surface area contributed by atoms with Gasteiger partial charge in [-0.3, -0.25) is 15.6 Å². The summed E-state index contributed by atoms with van der Waals surface area (Å²) >= 11 is 6.47. The molecule has 1 heterocycles. The molecule has 3 rings (SSSR count). The first kappa shape index (κ1) is 17.1. The Bertz CT molecular complexity index is 881. The third kappa shape index (κ3) is 4.61. The zero-order valence-electron chi connectivity index (χ0n) is 12.9. The van der Waals surface area contributed by atoms with Gasteiger partial charge in [-0.1, -0.05) is 35.6 Å². The molecule has 3 aromatic rings. The number of para-hydroxylation sites is 2. The van der Waals surface area contributed by atoms with Crippen molar-refractivity contribution in [1.82, 2.24) is 15.8 Å². The molecule has 0 radical (unpaired) electrons. The first-order chi connectivity index (χ1) is 12.1. The molecule has 4 N–H and O–H groups in total. The second-order valence-electron chi connectivity index (χ2n) is 4.95. The van der Waals surface area contributed by atoms with E-state index < -0.39 is 5.82 Å². The normalized spacial score (nSPS) is 10.3. The number of fused-ring (bicyclic) bond motifs is 1. The molecule has 0 saturated carbocycles. The molecule has 128 valence electrons. The van der Waals surface area contributed by atoms with Crippen molar-refractivity contribution < 1.29 is 9.18 Å². The molecule has 25 heavy (non-hydrogen) atoms. The number of anilines is 2. The van der Waals surface area contributed by atoms with Crippen LogP contribution < -0.4 is 21.5 Å². The predicted molar refractivity (Wildman–Crippen MR) is 102 cm³/mol. The summed E-state index contributed by atoms with van der Waals surface area (Å²) in [5.41, 5.74) is 6.05. The monoisotopic (exact) mass is 375 g/mol. The first-order valence-corrected chi connectivity index (χ1v) is 8.54. The molecule has 0 atom stereocenters. The van der Waals surface area contributed by atoms with E-state index in [1.54, 1.807) is 18.2 Å². The lowest BCUT2D eigenvalue weighted by Crippen LogP contribution is -2.46. The minimum Gasteiger partial charge on any atom is -0.352 e. The van der Waals surface area contributed by atoms with Gasteiger partial charge in [-0.2, -0.15) is 0 Å². The number of hydrogen-bond donors (Lipinski definition) is 4. The quantitative estimate of drug-likeness (QED) is 0.415. The number of rotatable bonds is 4. The van der Waals surface area contributed by atoms with Crippen molar-refractivity contribution in [3.8, 4) is 0 Å². The van der Waals surface area contributed by atoms with Crippen LogP contribution in [-0.4, -0.2) is 22.5 Å². The number of carbonyl (C=O) groups is 1. The van der Waals surface area contributed by atoms with E-state index in [0.29, 0.717) is 5.13 Å². The van der Waals surface area contributed by atoms with Crippen LogP contribution in [0.1, 0.15) is 0 Å². The van der Waals surface area contributed by atoms with Gasteiger partial charge >= 0.3 is 0 Å². The molecular formula is C16H14FN5OS2. The Morgan fingerprint density at radius 1 is 1.12 bits per heavy atom. The van der Waals surface area contributed by atoms with Gasteiger partial charge in [0.2, 0.25) is 0 Å². The van der Waals surface area contributed by atoms with E-state index in [1.165, 1.54) is 17.4 Å². The van der Waals surface area contributed by atoms with Crippen LogP contribution in [0, 0.1) is 5.82 Å². The fourth-order valence-electron chi connectivity index (χ4n) is 1.99. The summed E-state index contributed by atoms with van der Waals surface area (Å²) in [5, 5.41) is 6.34. The molecule has 6 nitrogen and oxygen atoms in total. The van der Waals surface area contributed by atoms with Crippen LogP contribution in [0.15, 0.2) is 48.5 Å². The number of benzene rings is 2. The van der Waals surface area contributed by atoms with Gasteiger partial charge in [-0.05, 0) is 36.5 Å². The number of nitrogens with one attached hydrogen (secondary N) is 4. The van der Waals surface area contributed by atoms with Crippen molar-refractivity contribution in [3.05, 3.63) is 54.3 Å². The summed E-state index contributed by atoms with van der Waals surface area (Å²) in [6.07, 6.45) is 0. The van der Waals surface area contributed by atoms with Crippen molar-refractivity contribution in [1.29, 1.82) is 0 Å². The van der Waals surface area contributed by atoms with E-state index in [1.807, 2.05) is 24.3 Å². The highest BCUT2D eigenvalue weighted by Gasteiger charge is 2.07. The molecule has 9 heteroatoms. The van der Waals surface area contributed by atoms with Crippen molar-refractivity contribution in [2.24, 2.45) is 0 Å². The van der Waals surface area contributed by atoms with Crippen LogP contribution >= 0.6 is 23.6 Å². The Labute approximate surface area is 152 Å². The van der Waals surface area contributed by atoms with E-state index in [0.717, 1.165) is 10.2 Å². The lowest BCUT2D eigenvalue weighted by atomic mass is 10.3. The van der Waals surface area contributed by atoms with Crippen LogP contribution in [-0.2, 0) is 4.79 Å². The predicted octanol–water partition coefficient (Wildman–Crippen LogP) is 2.87. The number of hydrogen-bond acceptors (Lipinski definition) is 5. The topological polar surface area (TPSA) is 78.1 Å². The average molecular weight is 375 g/mol. The Hall–Kier alpha value is -2.78. The molecule has 0 aliphatic rings. The van der Waals surface area contributed by atoms with Crippen molar-refractivity contribution in [2.45, 2.75) is 0 Å². The average Bonchev–Trinajstić information content (AvgIpc) is 3.03. The van der Waals surface area contributed by atoms with Gasteiger partial charge in [-0.25, -0.2) is 9.37 Å². The van der Waals surface area contributed by atoms with E-state index >= 15 is 0 Å². The van der Waals surface area contributed by atoms with Crippen molar-refractivity contribution in [3.63, 3.8) is 0 Å². The molecule has 0 saturated heterocycles. The van der Waals surface area contributed by atoms with Gasteiger partial charge in [0, 0.05) is 0 Å². The third-order valence-electron chi connectivity index (χ3n) is 3.13. The Kier molecular flexibility index (Phi) is 5.36. The smallest absolute Gasteiger partial charge is 0.257 e. The highest BCUT2D eigenvalue weighted by atomic mass is 32.1. The van der Waals surface area contributed by atoms with Gasteiger partial charge < -0.3 is 10.6 Å². The van der Waals surface area contributed by atoms with Gasteiger partial charge in [0.25, 0.3) is 5.91 Å². The molecule has 0 aliphatic carbocycles. The molecule has 2 aromatic carbocycles. The number of aromatic nitrogens is 1. The lowest BCUT2D eigenvalue weighted by Gasteiger charge is -2.12. The number of amides is 1. The maximum atomic E-state index is 13.5. The fraction of sp³-hybridized carbons (Fsp3) is 0.0625. The van der Waals surface area contributed by atoms with E-state index in [2.05, 4.69) is 26.5 Å². The summed E-state index contributed by atoms with van der Waals surface area (Å²) in [6.45, 7) is 0.0229. The summed E-state index contributed by atoms with van der Waals surface area (Å²) < 4.78 is 14.5. The Balaban J connectivity index is 1.44. The number of hydrazine groups is 1. The molecule has 0 bridgehead atoms. The molecule has 1 aromatic heterocycles. The van der Waals surface area contributed by atoms with E-state index in [-0.39, 0.29) is 23.3 Å². The molecule has 1 amide bonds. The zero-order chi connectivity index (χ0) is 17.6. The van der Waals surface area contributed by atoms with Crippen LogP contribution in [0.4, 0.5) is 15.2 Å². The maximum Gasteiger partial charge on any atom is 0.257 e. The molecule has 0 aliphatic heterocycles. The summed E-state index contributed by atoms with van der Waals surface area (Å²) in [7, 11) is 0. The van der Waals surface area contributed by atoms with Crippen LogP contribution in [0.5, 0.6) is 0 Å². The standard InChI is InChI=1S/C16H14FN5OS2/c17-10-5-1-2-6-11(10)19-15(24)22-21-14(23)9-18-16-20-12-7-3-4-8-13(12)25-16/h1-8H,9H2,(H,18,20)(H,21,23)(H2,19,22,24). The number of carbonyl (C=O) groups excluding carboxylic acids is 1. The summed E-state index contributed by atoms with van der Waals surface area (Å²) in [5.74, 6) is -0.771. The summed E-state index contributed by atoms with van der Waals surface area (Å²) in [6, 6.07) is 13.8. The second-order valence-corrected chi connectivity index (χ2v) is 6.39. The second kappa shape index (κ2) is 7.86. The molecule has 0 unspecified atom stereocenters. The van der Waals surface area contributed by atoms with Crippen LogP contribution in [0.25, 0.3) is 10.2 Å². The summed E-state index contributed by atoms with van der Waals surface area (Å²) in [4.78, 5) is 16.2. The van der Waals surface area contributed by atoms with Gasteiger partial charge in [0.15, 0.2) is 10.2 Å². The minimum atomic E-state index is -0.435. The van der Waals surface area contributed by atoms with E-state index in [9.17, 15) is 9.18 Å².